The Morgan fingerprint density at radius 3 is 2.39 bits per heavy atom. The van der Waals surface area contributed by atoms with E-state index in [1.165, 1.54) is 0 Å². The lowest BCUT2D eigenvalue weighted by Gasteiger charge is -2.13. The fraction of sp³-hybridized carbons (Fsp3) is 0.125. The number of amides is 1. The summed E-state index contributed by atoms with van der Waals surface area (Å²) in [7, 11) is 0. The van der Waals surface area contributed by atoms with Gasteiger partial charge in [0, 0.05) is 5.56 Å². The Morgan fingerprint density at radius 1 is 1.13 bits per heavy atom. The minimum absolute atomic E-state index is 0.250. The van der Waals surface area contributed by atoms with Crippen LogP contribution in [0.4, 0.5) is 10.5 Å². The summed E-state index contributed by atoms with van der Waals surface area (Å²) in [5.74, 6) is 6.17. The van der Waals surface area contributed by atoms with Gasteiger partial charge in [0.05, 0.1) is 0 Å². The molecule has 0 fully saturated rings. The standard InChI is InChI=1S/C23H20N2O3.CO2/c1-4-18-10-12-19(13-11-18)14-15-21-22(16(2)25-28-21)24-23(26)27-17(3)20-8-6-5-7-9-20;2-1-3/h4-13,17H,1H2,2-3H3,(H,24,26);/t17-;/m1./s1. The molecule has 0 saturated heterocycles. The quantitative estimate of drug-likeness (QED) is 0.616. The van der Waals surface area contributed by atoms with Crippen LogP contribution in [0, 0.1) is 18.8 Å². The van der Waals surface area contributed by atoms with Crippen LogP contribution < -0.4 is 5.32 Å². The Labute approximate surface area is 179 Å². The number of anilines is 1. The Bertz CT molecular complexity index is 1120. The summed E-state index contributed by atoms with van der Waals surface area (Å²) in [6.45, 7) is 7.26. The first-order valence-corrected chi connectivity index (χ1v) is 9.21. The first-order valence-electron chi connectivity index (χ1n) is 9.21. The summed E-state index contributed by atoms with van der Waals surface area (Å²) in [5.41, 5.74) is 3.66. The molecule has 0 saturated carbocycles. The van der Waals surface area contributed by atoms with Crippen molar-refractivity contribution in [1.29, 1.82) is 0 Å². The first kappa shape index (κ1) is 22.9. The molecular formula is C24H20N2O5. The molecule has 2 aromatic carbocycles. The molecule has 7 heteroatoms. The van der Waals surface area contributed by atoms with Crippen LogP contribution in [-0.4, -0.2) is 17.4 Å². The molecule has 0 spiro atoms. The Morgan fingerprint density at radius 2 is 1.77 bits per heavy atom. The number of aryl methyl sites for hydroxylation is 1. The smallest absolute Gasteiger partial charge is 0.412 e. The van der Waals surface area contributed by atoms with Crippen molar-refractivity contribution in [1.82, 2.24) is 5.16 Å². The van der Waals surface area contributed by atoms with E-state index in [1.54, 1.807) is 13.0 Å². The molecule has 3 aromatic rings. The zero-order valence-electron chi connectivity index (χ0n) is 17.0. The van der Waals surface area contributed by atoms with Crippen LogP contribution in [0.15, 0.2) is 65.7 Å². The maximum atomic E-state index is 12.3. The fourth-order valence-electron chi connectivity index (χ4n) is 2.52. The van der Waals surface area contributed by atoms with Crippen molar-refractivity contribution in [3.63, 3.8) is 0 Å². The number of hydrogen-bond acceptors (Lipinski definition) is 6. The normalized spacial score (nSPS) is 10.3. The number of nitrogens with one attached hydrogen (secondary N) is 1. The molecule has 0 radical (unpaired) electrons. The molecule has 1 amide bonds. The molecule has 0 unspecified atom stereocenters. The number of aromatic nitrogens is 1. The third-order valence-electron chi connectivity index (χ3n) is 4.11. The van der Waals surface area contributed by atoms with Gasteiger partial charge in [-0.2, -0.15) is 9.59 Å². The van der Waals surface area contributed by atoms with Gasteiger partial charge in [-0.3, -0.25) is 5.32 Å². The van der Waals surface area contributed by atoms with Gasteiger partial charge >= 0.3 is 12.2 Å². The highest BCUT2D eigenvalue weighted by Gasteiger charge is 2.17. The molecule has 1 aromatic heterocycles. The number of ether oxygens (including phenoxy) is 1. The molecule has 1 atom stereocenters. The summed E-state index contributed by atoms with van der Waals surface area (Å²) in [6.07, 6.45) is 1.03. The minimum atomic E-state index is -0.596. The van der Waals surface area contributed by atoms with Crippen LogP contribution in [0.5, 0.6) is 0 Å². The van der Waals surface area contributed by atoms with E-state index in [1.807, 2.05) is 61.5 Å². The van der Waals surface area contributed by atoms with Crippen molar-refractivity contribution in [2.45, 2.75) is 20.0 Å². The van der Waals surface area contributed by atoms with Gasteiger partial charge in [-0.15, -0.1) is 0 Å². The molecule has 1 N–H and O–H groups in total. The molecule has 156 valence electrons. The molecule has 0 aliphatic heterocycles. The molecule has 3 rings (SSSR count). The lowest BCUT2D eigenvalue weighted by molar-refractivity contribution is -0.191. The van der Waals surface area contributed by atoms with E-state index in [4.69, 9.17) is 18.8 Å². The van der Waals surface area contributed by atoms with E-state index in [9.17, 15) is 4.79 Å². The number of benzene rings is 2. The highest BCUT2D eigenvalue weighted by atomic mass is 16.6. The second kappa shape index (κ2) is 11.6. The van der Waals surface area contributed by atoms with Crippen LogP contribution in [0.2, 0.25) is 0 Å². The second-order valence-electron chi connectivity index (χ2n) is 6.21. The summed E-state index contributed by atoms with van der Waals surface area (Å²) in [4.78, 5) is 28.5. The lowest BCUT2D eigenvalue weighted by Crippen LogP contribution is -2.16. The highest BCUT2D eigenvalue weighted by molar-refractivity contribution is 5.87. The van der Waals surface area contributed by atoms with Gasteiger partial charge in [0.2, 0.25) is 5.76 Å². The summed E-state index contributed by atoms with van der Waals surface area (Å²) >= 11 is 0. The Kier molecular flexibility index (Phi) is 8.54. The maximum absolute atomic E-state index is 12.3. The summed E-state index contributed by atoms with van der Waals surface area (Å²) in [5, 5.41) is 6.57. The summed E-state index contributed by atoms with van der Waals surface area (Å²) in [6, 6.07) is 17.1. The van der Waals surface area contributed by atoms with Crippen LogP contribution in [0.25, 0.3) is 6.08 Å². The van der Waals surface area contributed by atoms with E-state index < -0.39 is 6.09 Å². The third-order valence-corrected chi connectivity index (χ3v) is 4.11. The van der Waals surface area contributed by atoms with Gasteiger partial charge < -0.3 is 9.26 Å². The van der Waals surface area contributed by atoms with Crippen molar-refractivity contribution < 1.29 is 23.6 Å². The molecule has 0 aliphatic carbocycles. The predicted molar refractivity (Wildman–Crippen MR) is 114 cm³/mol. The number of carbonyl (C=O) groups is 1. The van der Waals surface area contributed by atoms with E-state index in [0.29, 0.717) is 11.4 Å². The molecule has 7 nitrogen and oxygen atoms in total. The molecule has 31 heavy (non-hydrogen) atoms. The van der Waals surface area contributed by atoms with Crippen molar-refractivity contribution in [3.05, 3.63) is 89.3 Å². The molecule has 1 heterocycles. The number of nitrogens with zero attached hydrogens (tertiary/aromatic N) is 1. The topological polar surface area (TPSA) is 98.5 Å². The van der Waals surface area contributed by atoms with E-state index in [0.717, 1.165) is 16.7 Å². The van der Waals surface area contributed by atoms with Crippen molar-refractivity contribution in [2.24, 2.45) is 0 Å². The van der Waals surface area contributed by atoms with Gasteiger partial charge in [0.15, 0.2) is 0 Å². The van der Waals surface area contributed by atoms with Gasteiger partial charge in [-0.1, -0.05) is 66.2 Å². The number of rotatable bonds is 4. The van der Waals surface area contributed by atoms with Crippen molar-refractivity contribution >= 4 is 24.0 Å². The average molecular weight is 416 g/mol. The Balaban J connectivity index is 0.00000107. The van der Waals surface area contributed by atoms with Crippen LogP contribution in [-0.2, 0) is 14.3 Å². The number of carbonyl (C=O) groups excluding carboxylic acids is 3. The van der Waals surface area contributed by atoms with Crippen LogP contribution in [0.3, 0.4) is 0 Å². The van der Waals surface area contributed by atoms with Gasteiger partial charge in [-0.05, 0) is 43.0 Å². The van der Waals surface area contributed by atoms with Gasteiger partial charge in [0.25, 0.3) is 0 Å². The fourth-order valence-corrected chi connectivity index (χ4v) is 2.52. The van der Waals surface area contributed by atoms with E-state index >= 15 is 0 Å². The van der Waals surface area contributed by atoms with E-state index in [2.05, 4.69) is 28.9 Å². The highest BCUT2D eigenvalue weighted by Crippen LogP contribution is 2.22. The van der Waals surface area contributed by atoms with Gasteiger partial charge in [-0.25, -0.2) is 4.79 Å². The Hall–Kier alpha value is -4.40. The monoisotopic (exact) mass is 416 g/mol. The number of hydrogen-bond donors (Lipinski definition) is 1. The van der Waals surface area contributed by atoms with Crippen LogP contribution >= 0.6 is 0 Å². The average Bonchev–Trinajstić information content (AvgIpc) is 3.13. The summed E-state index contributed by atoms with van der Waals surface area (Å²) < 4.78 is 10.7. The molecule has 0 aliphatic rings. The van der Waals surface area contributed by atoms with Crippen LogP contribution in [0.1, 0.15) is 41.2 Å². The predicted octanol–water partition coefficient (Wildman–Crippen LogP) is 4.75. The lowest BCUT2D eigenvalue weighted by atomic mass is 10.1. The largest absolute Gasteiger partial charge is 0.441 e. The van der Waals surface area contributed by atoms with Gasteiger partial charge in [0.1, 0.15) is 17.5 Å². The van der Waals surface area contributed by atoms with E-state index in [-0.39, 0.29) is 18.0 Å². The first-order chi connectivity index (χ1) is 15.0. The van der Waals surface area contributed by atoms with Crippen molar-refractivity contribution in [3.8, 4) is 11.8 Å². The molecular weight excluding hydrogens is 396 g/mol. The second-order valence-corrected chi connectivity index (χ2v) is 6.21. The third kappa shape index (κ3) is 6.86. The minimum Gasteiger partial charge on any atom is -0.441 e. The SMILES string of the molecule is C=Cc1ccc(C#Cc2onc(C)c2NC(=O)O[C@H](C)c2ccccc2)cc1.O=C=O. The zero-order chi connectivity index (χ0) is 22.6. The molecule has 0 bridgehead atoms. The maximum Gasteiger partial charge on any atom is 0.412 e. The zero-order valence-corrected chi connectivity index (χ0v) is 17.0. The van der Waals surface area contributed by atoms with Crippen molar-refractivity contribution in [2.75, 3.05) is 5.32 Å².